The maximum atomic E-state index is 4.00. The van der Waals surface area contributed by atoms with Crippen LogP contribution in [-0.4, -0.2) is 0 Å². The van der Waals surface area contributed by atoms with Gasteiger partial charge in [-0.15, -0.1) is 12.1 Å². The van der Waals surface area contributed by atoms with E-state index in [1.165, 1.54) is 5.56 Å². The van der Waals surface area contributed by atoms with Crippen LogP contribution in [0.25, 0.3) is 0 Å². The fourth-order valence-corrected chi connectivity index (χ4v) is 1.46. The SMILES string of the molecule is [CH2-]c1ccccc1C(C)[CH-]CC.[Tc]. The van der Waals surface area contributed by atoms with Crippen molar-refractivity contribution in [1.29, 1.82) is 0 Å². The van der Waals surface area contributed by atoms with Crippen LogP contribution in [0.5, 0.6) is 0 Å². The van der Waals surface area contributed by atoms with Gasteiger partial charge in [0.05, 0.1) is 0 Å². The van der Waals surface area contributed by atoms with Crippen LogP contribution >= 0.6 is 0 Å². The van der Waals surface area contributed by atoms with Crippen LogP contribution in [0.1, 0.15) is 37.3 Å². The minimum absolute atomic E-state index is 0. The summed E-state index contributed by atoms with van der Waals surface area (Å²) in [5.41, 5.74) is 2.49. The molecule has 0 fully saturated rings. The van der Waals surface area contributed by atoms with Crippen LogP contribution in [0, 0.1) is 13.3 Å². The zero-order chi connectivity index (χ0) is 8.97. The molecule has 13 heavy (non-hydrogen) atoms. The summed E-state index contributed by atoms with van der Waals surface area (Å²) in [5.74, 6) is 0.531. The summed E-state index contributed by atoms with van der Waals surface area (Å²) in [6, 6.07) is 8.32. The van der Waals surface area contributed by atoms with Crippen LogP contribution in [-0.2, 0) is 20.1 Å². The average Bonchev–Trinajstić information content (AvgIpc) is 2.05. The van der Waals surface area contributed by atoms with Crippen LogP contribution in [0.2, 0.25) is 0 Å². The number of hydrogen-bond donors (Lipinski definition) is 0. The van der Waals surface area contributed by atoms with Crippen molar-refractivity contribution in [2.45, 2.75) is 26.2 Å². The Bertz CT molecular complexity index is 243. The third kappa shape index (κ3) is 3.54. The summed E-state index contributed by atoms with van der Waals surface area (Å²) < 4.78 is 0. The second-order valence-corrected chi connectivity index (χ2v) is 3.13. The van der Waals surface area contributed by atoms with Gasteiger partial charge in [-0.1, -0.05) is 19.9 Å². The van der Waals surface area contributed by atoms with E-state index in [9.17, 15) is 0 Å². The molecule has 0 saturated carbocycles. The Morgan fingerprint density at radius 1 is 1.38 bits per heavy atom. The molecule has 1 rings (SSSR count). The molecule has 0 spiro atoms. The van der Waals surface area contributed by atoms with Gasteiger partial charge in [0.25, 0.3) is 0 Å². The van der Waals surface area contributed by atoms with E-state index >= 15 is 0 Å². The molecule has 0 bridgehead atoms. The molecule has 0 aliphatic rings. The van der Waals surface area contributed by atoms with Gasteiger partial charge in [-0.05, 0) is 0 Å². The van der Waals surface area contributed by atoms with Crippen molar-refractivity contribution in [2.24, 2.45) is 0 Å². The molecule has 0 saturated heterocycles. The van der Waals surface area contributed by atoms with Crippen molar-refractivity contribution in [3.05, 3.63) is 48.7 Å². The second kappa shape index (κ2) is 6.23. The summed E-state index contributed by atoms with van der Waals surface area (Å²) >= 11 is 0. The van der Waals surface area contributed by atoms with Crippen molar-refractivity contribution < 1.29 is 20.1 Å². The standard InChI is InChI=1S/C12H16.Tc/c1-4-7-10(2)12-9-6-5-8-11(12)3;/h5-10H,3-4H2,1-2H3;/q-2;. The van der Waals surface area contributed by atoms with E-state index in [-0.39, 0.29) is 20.1 Å². The van der Waals surface area contributed by atoms with Crippen molar-refractivity contribution in [1.82, 2.24) is 0 Å². The minimum atomic E-state index is 0. The molecule has 0 amide bonds. The Labute approximate surface area is 95.1 Å². The maximum absolute atomic E-state index is 4.00. The Morgan fingerprint density at radius 2 is 2.00 bits per heavy atom. The maximum Gasteiger partial charge on any atom is 0 e. The Kier molecular flexibility index (Phi) is 6.11. The fraction of sp³-hybridized carbons (Fsp3) is 0.333. The fourth-order valence-electron chi connectivity index (χ4n) is 1.46. The van der Waals surface area contributed by atoms with E-state index in [1.807, 2.05) is 6.07 Å². The molecular formula is C12H16Tc-2. The number of hydrogen-bond acceptors (Lipinski definition) is 0. The summed E-state index contributed by atoms with van der Waals surface area (Å²) in [6.45, 7) is 8.39. The molecule has 1 atom stereocenters. The zero-order valence-corrected chi connectivity index (χ0v) is 10.1. The van der Waals surface area contributed by atoms with E-state index in [0.717, 1.165) is 12.0 Å². The van der Waals surface area contributed by atoms with Gasteiger partial charge in [-0.2, -0.15) is 36.5 Å². The second-order valence-electron chi connectivity index (χ2n) is 3.13. The monoisotopic (exact) mass is 257 g/mol. The molecule has 0 N–H and O–H groups in total. The number of benzene rings is 1. The van der Waals surface area contributed by atoms with Gasteiger partial charge in [-0.3, -0.25) is 0 Å². The summed E-state index contributed by atoms with van der Waals surface area (Å²) in [4.78, 5) is 0. The third-order valence-corrected chi connectivity index (χ3v) is 2.13. The molecule has 73 valence electrons. The molecule has 0 aliphatic heterocycles. The van der Waals surface area contributed by atoms with Crippen LogP contribution in [0.4, 0.5) is 0 Å². The Morgan fingerprint density at radius 3 is 2.54 bits per heavy atom. The van der Waals surface area contributed by atoms with Crippen LogP contribution < -0.4 is 0 Å². The smallest absolute Gasteiger partial charge is 0 e. The third-order valence-electron chi connectivity index (χ3n) is 2.13. The normalized spacial score (nSPS) is 11.8. The summed E-state index contributed by atoms with van der Waals surface area (Å²) in [5, 5.41) is 0. The van der Waals surface area contributed by atoms with E-state index in [4.69, 9.17) is 0 Å². The first-order valence-electron chi connectivity index (χ1n) is 4.50. The van der Waals surface area contributed by atoms with Gasteiger partial charge in [0.15, 0.2) is 0 Å². The van der Waals surface area contributed by atoms with Crippen molar-refractivity contribution >= 4 is 0 Å². The molecule has 1 unspecified atom stereocenters. The van der Waals surface area contributed by atoms with Crippen LogP contribution in [0.15, 0.2) is 24.3 Å². The first-order chi connectivity index (χ1) is 5.75. The van der Waals surface area contributed by atoms with Crippen molar-refractivity contribution in [2.75, 3.05) is 0 Å². The Hall–Kier alpha value is -0.261. The summed E-state index contributed by atoms with van der Waals surface area (Å²) in [7, 11) is 0. The van der Waals surface area contributed by atoms with Crippen molar-refractivity contribution in [3.63, 3.8) is 0 Å². The predicted octanol–water partition coefficient (Wildman–Crippen LogP) is 3.58. The van der Waals surface area contributed by atoms with Crippen molar-refractivity contribution in [3.8, 4) is 0 Å². The molecule has 1 radical (unpaired) electrons. The van der Waals surface area contributed by atoms with E-state index in [0.29, 0.717) is 5.92 Å². The molecule has 1 aromatic carbocycles. The van der Waals surface area contributed by atoms with Crippen LogP contribution in [0.3, 0.4) is 0 Å². The molecule has 1 aromatic rings. The molecular weight excluding hydrogens is 242 g/mol. The van der Waals surface area contributed by atoms with Gasteiger partial charge in [0.2, 0.25) is 0 Å². The topological polar surface area (TPSA) is 0 Å². The molecule has 0 heterocycles. The average molecular weight is 258 g/mol. The largest absolute Gasteiger partial charge is 0.333 e. The zero-order valence-electron chi connectivity index (χ0n) is 8.26. The Balaban J connectivity index is 0.00000144. The van der Waals surface area contributed by atoms with E-state index in [2.05, 4.69) is 45.4 Å². The van der Waals surface area contributed by atoms with Gasteiger partial charge < -0.3 is 6.42 Å². The van der Waals surface area contributed by atoms with Gasteiger partial charge >= 0.3 is 0 Å². The number of rotatable bonds is 3. The predicted molar refractivity (Wildman–Crippen MR) is 53.9 cm³/mol. The summed E-state index contributed by atoms with van der Waals surface area (Å²) in [6.07, 6.45) is 3.43. The van der Waals surface area contributed by atoms with Gasteiger partial charge in [-0.25, -0.2) is 0 Å². The molecule has 0 nitrogen and oxygen atoms in total. The van der Waals surface area contributed by atoms with E-state index < -0.39 is 0 Å². The molecule has 0 aromatic heterocycles. The first kappa shape index (κ1) is 12.7. The minimum Gasteiger partial charge on any atom is -0.333 e. The van der Waals surface area contributed by atoms with Gasteiger partial charge in [0.1, 0.15) is 0 Å². The quantitative estimate of drug-likeness (QED) is 0.727. The van der Waals surface area contributed by atoms with Gasteiger partial charge in [0, 0.05) is 20.1 Å². The first-order valence-corrected chi connectivity index (χ1v) is 4.50. The van der Waals surface area contributed by atoms with E-state index in [1.54, 1.807) is 0 Å². The molecule has 1 heteroatoms. The molecule has 0 aliphatic carbocycles.